The molecule has 0 aromatic heterocycles. The molecule has 0 aromatic carbocycles. The minimum atomic E-state index is -0.552. The second-order valence-corrected chi connectivity index (χ2v) is 7.12. The van der Waals surface area contributed by atoms with Gasteiger partial charge < -0.3 is 5.73 Å². The molecule has 2 N–H and O–H groups in total. The van der Waals surface area contributed by atoms with Crippen LogP contribution >= 0.6 is 0 Å². The molecule has 0 radical (unpaired) electrons. The molecule has 1 aliphatic carbocycles. The van der Waals surface area contributed by atoms with Gasteiger partial charge in [0.05, 0.1) is 11.0 Å². The van der Waals surface area contributed by atoms with E-state index in [1.165, 1.54) is 17.7 Å². The lowest BCUT2D eigenvalue weighted by Crippen LogP contribution is -2.58. The maximum Gasteiger partial charge on any atom is 0.236 e. The molecule has 1 spiro atoms. The van der Waals surface area contributed by atoms with Gasteiger partial charge in [-0.05, 0) is 25.7 Å². The van der Waals surface area contributed by atoms with E-state index in [4.69, 9.17) is 5.73 Å². The van der Waals surface area contributed by atoms with Crippen molar-refractivity contribution in [2.75, 3.05) is 6.54 Å². The van der Waals surface area contributed by atoms with Crippen LogP contribution in [0.3, 0.4) is 0 Å². The van der Waals surface area contributed by atoms with Gasteiger partial charge in [-0.2, -0.15) is 0 Å². The Bertz CT molecular complexity index is 397. The number of rotatable bonds is 3. The molecule has 1 saturated heterocycles. The molecule has 0 bridgehead atoms. The molecule has 2 fully saturated rings. The average Bonchev–Trinajstić information content (AvgIpc) is 2.58. The Morgan fingerprint density at radius 3 is 2.20 bits per heavy atom. The molecule has 1 atom stereocenters. The fraction of sp³-hybridized carbons (Fsp3) is 0.875. The summed E-state index contributed by atoms with van der Waals surface area (Å²) in [7, 11) is 0. The maximum absolute atomic E-state index is 13.0. The second kappa shape index (κ2) is 5.47. The van der Waals surface area contributed by atoms with Gasteiger partial charge >= 0.3 is 0 Å². The third-order valence-electron chi connectivity index (χ3n) is 5.62. The number of imide groups is 1. The van der Waals surface area contributed by atoms with E-state index in [1.54, 1.807) is 0 Å². The smallest absolute Gasteiger partial charge is 0.236 e. The number of carbonyl (C=O) groups excluding carboxylic acids is 2. The number of nitrogens with zero attached hydrogens (tertiary/aromatic N) is 1. The zero-order chi connectivity index (χ0) is 15.0. The van der Waals surface area contributed by atoms with Crippen molar-refractivity contribution in [1.82, 2.24) is 4.90 Å². The Labute approximate surface area is 122 Å². The summed E-state index contributed by atoms with van der Waals surface area (Å²) in [5.74, 6) is 0.200. The molecule has 1 heterocycles. The molecule has 1 unspecified atom stereocenters. The molecule has 0 aromatic rings. The standard InChI is InChI=1S/C16H28N2O2/c1-12(2)15(3,11-17)18-13(19)10-16(14(18)20)8-6-4-5-7-9-16/h12H,4-11,17H2,1-3H3. The van der Waals surface area contributed by atoms with Crippen LogP contribution in [0.4, 0.5) is 0 Å². The van der Waals surface area contributed by atoms with E-state index < -0.39 is 11.0 Å². The summed E-state index contributed by atoms with van der Waals surface area (Å²) in [5.41, 5.74) is 4.95. The first-order valence-electron chi connectivity index (χ1n) is 7.95. The number of hydrogen-bond donors (Lipinski definition) is 1. The van der Waals surface area contributed by atoms with Gasteiger partial charge in [0.1, 0.15) is 0 Å². The first kappa shape index (κ1) is 15.5. The van der Waals surface area contributed by atoms with Gasteiger partial charge in [-0.1, -0.05) is 39.5 Å². The predicted molar refractivity (Wildman–Crippen MR) is 78.9 cm³/mol. The summed E-state index contributed by atoms with van der Waals surface area (Å²) in [6.45, 7) is 6.35. The Kier molecular flexibility index (Phi) is 4.24. The van der Waals surface area contributed by atoms with E-state index in [0.717, 1.165) is 25.7 Å². The van der Waals surface area contributed by atoms with Crippen LogP contribution in [-0.4, -0.2) is 28.8 Å². The summed E-state index contributed by atoms with van der Waals surface area (Å²) < 4.78 is 0. The minimum Gasteiger partial charge on any atom is -0.328 e. The zero-order valence-corrected chi connectivity index (χ0v) is 13.1. The summed E-state index contributed by atoms with van der Waals surface area (Å²) in [5, 5.41) is 0. The fourth-order valence-corrected chi connectivity index (χ4v) is 3.69. The van der Waals surface area contributed by atoms with Gasteiger partial charge in [-0.3, -0.25) is 14.5 Å². The first-order valence-corrected chi connectivity index (χ1v) is 7.95. The van der Waals surface area contributed by atoms with Crippen molar-refractivity contribution < 1.29 is 9.59 Å². The Balaban J connectivity index is 2.33. The minimum absolute atomic E-state index is 0.0152. The van der Waals surface area contributed by atoms with Crippen molar-refractivity contribution in [2.24, 2.45) is 17.1 Å². The normalized spacial score (nSPS) is 26.1. The van der Waals surface area contributed by atoms with Crippen molar-refractivity contribution in [1.29, 1.82) is 0 Å². The molecule has 2 amide bonds. The molecule has 1 saturated carbocycles. The van der Waals surface area contributed by atoms with Gasteiger partial charge in [0.15, 0.2) is 0 Å². The molecule has 1 aliphatic heterocycles. The lowest BCUT2D eigenvalue weighted by atomic mass is 9.78. The predicted octanol–water partition coefficient (Wildman–Crippen LogP) is 2.46. The molecule has 4 nitrogen and oxygen atoms in total. The van der Waals surface area contributed by atoms with Gasteiger partial charge in [0, 0.05) is 13.0 Å². The topological polar surface area (TPSA) is 63.4 Å². The van der Waals surface area contributed by atoms with E-state index in [2.05, 4.69) is 0 Å². The van der Waals surface area contributed by atoms with Crippen molar-refractivity contribution in [3.8, 4) is 0 Å². The second-order valence-electron chi connectivity index (χ2n) is 7.12. The largest absolute Gasteiger partial charge is 0.328 e. The van der Waals surface area contributed by atoms with E-state index in [-0.39, 0.29) is 17.7 Å². The molecular weight excluding hydrogens is 252 g/mol. The molecule has 4 heteroatoms. The van der Waals surface area contributed by atoms with Crippen LogP contribution in [0.2, 0.25) is 0 Å². The van der Waals surface area contributed by atoms with Crippen molar-refractivity contribution in [2.45, 2.75) is 71.3 Å². The van der Waals surface area contributed by atoms with Crippen LogP contribution < -0.4 is 5.73 Å². The molecule has 114 valence electrons. The van der Waals surface area contributed by atoms with Gasteiger partial charge in [-0.25, -0.2) is 0 Å². The van der Waals surface area contributed by atoms with Crippen LogP contribution in [0.25, 0.3) is 0 Å². The zero-order valence-electron chi connectivity index (χ0n) is 13.1. The third-order valence-corrected chi connectivity index (χ3v) is 5.62. The Morgan fingerprint density at radius 1 is 1.20 bits per heavy atom. The van der Waals surface area contributed by atoms with Gasteiger partial charge in [-0.15, -0.1) is 0 Å². The van der Waals surface area contributed by atoms with E-state index >= 15 is 0 Å². The highest BCUT2D eigenvalue weighted by Crippen LogP contribution is 2.47. The molecule has 2 aliphatic rings. The highest BCUT2D eigenvalue weighted by atomic mass is 16.2. The molecule has 2 rings (SSSR count). The summed E-state index contributed by atoms with van der Waals surface area (Å²) in [4.78, 5) is 27.1. The van der Waals surface area contributed by atoms with E-state index in [9.17, 15) is 9.59 Å². The van der Waals surface area contributed by atoms with Crippen LogP contribution in [0, 0.1) is 11.3 Å². The van der Waals surface area contributed by atoms with Crippen LogP contribution in [-0.2, 0) is 9.59 Å². The highest BCUT2D eigenvalue weighted by molar-refractivity contribution is 6.06. The van der Waals surface area contributed by atoms with Crippen LogP contribution in [0.5, 0.6) is 0 Å². The lowest BCUT2D eigenvalue weighted by Gasteiger charge is -2.41. The third kappa shape index (κ3) is 2.28. The van der Waals surface area contributed by atoms with E-state index in [1.807, 2.05) is 20.8 Å². The highest BCUT2D eigenvalue weighted by Gasteiger charge is 2.56. The fourth-order valence-electron chi connectivity index (χ4n) is 3.69. The summed E-state index contributed by atoms with van der Waals surface area (Å²) >= 11 is 0. The number of likely N-dealkylation sites (tertiary alicyclic amines) is 1. The van der Waals surface area contributed by atoms with Gasteiger partial charge in [0.25, 0.3) is 0 Å². The number of hydrogen-bond acceptors (Lipinski definition) is 3. The monoisotopic (exact) mass is 280 g/mol. The number of amides is 2. The van der Waals surface area contributed by atoms with Gasteiger partial charge in [0.2, 0.25) is 11.8 Å². The van der Waals surface area contributed by atoms with Crippen molar-refractivity contribution in [3.63, 3.8) is 0 Å². The Morgan fingerprint density at radius 2 is 1.75 bits per heavy atom. The lowest BCUT2D eigenvalue weighted by molar-refractivity contribution is -0.150. The summed E-state index contributed by atoms with van der Waals surface area (Å²) in [6.07, 6.45) is 6.62. The Hall–Kier alpha value is -0.900. The van der Waals surface area contributed by atoms with Crippen LogP contribution in [0.1, 0.15) is 65.7 Å². The molecule has 20 heavy (non-hydrogen) atoms. The SMILES string of the molecule is CC(C)C(C)(CN)N1C(=O)CC2(CCCCCC2)C1=O. The van der Waals surface area contributed by atoms with E-state index in [0.29, 0.717) is 13.0 Å². The maximum atomic E-state index is 13.0. The summed E-state index contributed by atoms with van der Waals surface area (Å²) in [6, 6.07) is 0. The average molecular weight is 280 g/mol. The number of carbonyl (C=O) groups is 2. The first-order chi connectivity index (χ1) is 9.37. The quantitative estimate of drug-likeness (QED) is 0.808. The van der Waals surface area contributed by atoms with Crippen molar-refractivity contribution >= 4 is 11.8 Å². The van der Waals surface area contributed by atoms with Crippen molar-refractivity contribution in [3.05, 3.63) is 0 Å². The number of nitrogens with two attached hydrogens (primary N) is 1. The van der Waals surface area contributed by atoms with Crippen LogP contribution in [0.15, 0.2) is 0 Å². The molecular formula is C16H28N2O2.